The second-order valence-electron chi connectivity index (χ2n) is 8.68. The Labute approximate surface area is 107 Å². The average molecular weight is 232 g/mol. The molecule has 0 heterocycles. The molecule has 0 aromatic heterocycles. The fourth-order valence-corrected chi connectivity index (χ4v) is 7.02. The second kappa shape index (κ2) is 2.78. The molecule has 0 aromatic rings. The summed E-state index contributed by atoms with van der Waals surface area (Å²) in [5, 5.41) is 0. The first kappa shape index (κ1) is 10.9. The minimum absolute atomic E-state index is 0.570. The van der Waals surface area contributed by atoms with Crippen molar-refractivity contribution in [2.45, 2.75) is 53.9 Å². The third-order valence-electron chi connectivity index (χ3n) is 8.43. The number of rotatable bonds is 0. The van der Waals surface area contributed by atoms with Gasteiger partial charge in [-0.15, -0.1) is 0 Å². The molecule has 0 heteroatoms. The minimum Gasteiger partial charge on any atom is -0.0622 e. The van der Waals surface area contributed by atoms with E-state index in [4.69, 9.17) is 0 Å². The topological polar surface area (TPSA) is 0 Å². The highest BCUT2D eigenvalue weighted by Crippen LogP contribution is 2.84. The first-order valence-corrected chi connectivity index (χ1v) is 7.90. The van der Waals surface area contributed by atoms with E-state index in [0.29, 0.717) is 5.41 Å². The largest absolute Gasteiger partial charge is 0.0622 e. The molecule has 0 aromatic carbocycles. The van der Waals surface area contributed by atoms with Crippen LogP contribution in [0.25, 0.3) is 0 Å². The van der Waals surface area contributed by atoms with Crippen molar-refractivity contribution in [3.05, 3.63) is 0 Å². The Kier molecular flexibility index (Phi) is 1.78. The highest BCUT2D eigenvalue weighted by molar-refractivity contribution is 5.26. The molecule has 0 N–H and O–H groups in total. The van der Waals surface area contributed by atoms with Crippen LogP contribution < -0.4 is 0 Å². The van der Waals surface area contributed by atoms with Crippen LogP contribution in [0.5, 0.6) is 0 Å². The van der Waals surface area contributed by atoms with Crippen molar-refractivity contribution in [2.24, 2.45) is 52.3 Å². The molecule has 8 atom stereocenters. The van der Waals surface area contributed by atoms with Gasteiger partial charge in [0, 0.05) is 0 Å². The molecule has 0 radical (unpaired) electrons. The Morgan fingerprint density at radius 1 is 1.00 bits per heavy atom. The molecule has 0 nitrogen and oxygen atoms in total. The van der Waals surface area contributed by atoms with Crippen LogP contribution in [0.15, 0.2) is 0 Å². The van der Waals surface area contributed by atoms with E-state index in [1.807, 2.05) is 0 Å². The van der Waals surface area contributed by atoms with E-state index in [2.05, 4.69) is 34.6 Å². The molecule has 4 fully saturated rings. The van der Waals surface area contributed by atoms with Crippen molar-refractivity contribution in [3.63, 3.8) is 0 Å². The lowest BCUT2D eigenvalue weighted by Crippen LogP contribution is -2.78. The van der Waals surface area contributed by atoms with Crippen molar-refractivity contribution in [3.8, 4) is 0 Å². The van der Waals surface area contributed by atoms with Crippen molar-refractivity contribution >= 4 is 0 Å². The molecular formula is C17H28. The van der Waals surface area contributed by atoms with E-state index >= 15 is 0 Å². The molecule has 0 amide bonds. The average Bonchev–Trinajstić information content (AvgIpc) is 2.25. The Morgan fingerprint density at radius 2 is 1.71 bits per heavy atom. The zero-order valence-electron chi connectivity index (χ0n) is 12.2. The van der Waals surface area contributed by atoms with E-state index < -0.39 is 0 Å². The predicted molar refractivity (Wildman–Crippen MR) is 71.5 cm³/mol. The van der Waals surface area contributed by atoms with Gasteiger partial charge < -0.3 is 0 Å². The summed E-state index contributed by atoms with van der Waals surface area (Å²) in [6, 6.07) is 0. The first-order valence-electron chi connectivity index (χ1n) is 7.90. The highest BCUT2D eigenvalue weighted by Gasteiger charge is 2.78. The summed E-state index contributed by atoms with van der Waals surface area (Å²) in [6.07, 6.45) is 4.68. The first-order chi connectivity index (χ1) is 7.90. The monoisotopic (exact) mass is 232 g/mol. The Morgan fingerprint density at radius 3 is 2.35 bits per heavy atom. The summed E-state index contributed by atoms with van der Waals surface area (Å²) in [4.78, 5) is 0. The van der Waals surface area contributed by atoms with Gasteiger partial charge in [0.05, 0.1) is 0 Å². The standard InChI is InChI=1S/C17H28/c1-9-8-17-11(3)16(4,5)10(2)6-12-7-13(17)14(12)15(9)17/h9-15H,6-8H2,1-5H3. The van der Waals surface area contributed by atoms with Crippen molar-refractivity contribution in [1.29, 1.82) is 0 Å². The molecule has 8 unspecified atom stereocenters. The predicted octanol–water partition coefficient (Wildman–Crippen LogP) is 4.60. The molecule has 0 aliphatic heterocycles. The maximum absolute atomic E-state index is 2.60. The van der Waals surface area contributed by atoms with Crippen molar-refractivity contribution in [1.82, 2.24) is 0 Å². The van der Waals surface area contributed by atoms with Gasteiger partial charge in [0.2, 0.25) is 0 Å². The van der Waals surface area contributed by atoms with E-state index in [1.165, 1.54) is 12.3 Å². The summed E-state index contributed by atoms with van der Waals surface area (Å²) in [7, 11) is 0. The smallest absolute Gasteiger partial charge is 0.0199 e. The lowest BCUT2D eigenvalue weighted by Gasteiger charge is -2.84. The third kappa shape index (κ3) is 0.901. The lowest BCUT2D eigenvalue weighted by molar-refractivity contribution is -0.359. The SMILES string of the molecule is CC1CC23C4CC(CC(C)C(C)(C)C2C)C4C13. The summed E-state index contributed by atoms with van der Waals surface area (Å²) >= 11 is 0. The van der Waals surface area contributed by atoms with Crippen LogP contribution in [0.3, 0.4) is 0 Å². The maximum Gasteiger partial charge on any atom is -0.0199 e. The van der Waals surface area contributed by atoms with Gasteiger partial charge in [-0.1, -0.05) is 34.6 Å². The quantitative estimate of drug-likeness (QED) is 0.573. The van der Waals surface area contributed by atoms with Gasteiger partial charge in [0.25, 0.3) is 0 Å². The normalized spacial score (nSPS) is 66.5. The molecule has 0 saturated heterocycles. The van der Waals surface area contributed by atoms with E-state index in [-0.39, 0.29) is 0 Å². The fourth-order valence-electron chi connectivity index (χ4n) is 7.02. The molecule has 96 valence electrons. The van der Waals surface area contributed by atoms with Crippen molar-refractivity contribution < 1.29 is 0 Å². The molecule has 4 aliphatic carbocycles. The molecular weight excluding hydrogens is 204 g/mol. The van der Waals surface area contributed by atoms with Gasteiger partial charge >= 0.3 is 0 Å². The van der Waals surface area contributed by atoms with Gasteiger partial charge in [-0.3, -0.25) is 0 Å². The van der Waals surface area contributed by atoms with Crippen LogP contribution >= 0.6 is 0 Å². The van der Waals surface area contributed by atoms with Gasteiger partial charge in [0.1, 0.15) is 0 Å². The van der Waals surface area contributed by atoms with E-state index in [1.54, 1.807) is 12.8 Å². The summed E-state index contributed by atoms with van der Waals surface area (Å²) in [5.74, 6) is 7.49. The van der Waals surface area contributed by atoms with Crippen LogP contribution in [-0.4, -0.2) is 0 Å². The van der Waals surface area contributed by atoms with Crippen molar-refractivity contribution in [2.75, 3.05) is 0 Å². The van der Waals surface area contributed by atoms with Gasteiger partial charge in [-0.2, -0.15) is 0 Å². The molecule has 4 saturated carbocycles. The van der Waals surface area contributed by atoms with Crippen LogP contribution in [0, 0.1) is 52.3 Å². The number of hydrogen-bond donors (Lipinski definition) is 0. The van der Waals surface area contributed by atoms with Gasteiger partial charge in [-0.25, -0.2) is 0 Å². The third-order valence-corrected chi connectivity index (χ3v) is 8.43. The lowest BCUT2D eigenvalue weighted by atomic mass is 9.21. The van der Waals surface area contributed by atoms with Gasteiger partial charge in [-0.05, 0) is 71.5 Å². The zero-order chi connectivity index (χ0) is 12.2. The molecule has 4 aliphatic rings. The zero-order valence-corrected chi connectivity index (χ0v) is 12.2. The van der Waals surface area contributed by atoms with Crippen LogP contribution in [0.2, 0.25) is 0 Å². The highest BCUT2D eigenvalue weighted by atomic mass is 14.8. The summed E-state index contributed by atoms with van der Waals surface area (Å²) < 4.78 is 0. The summed E-state index contributed by atoms with van der Waals surface area (Å²) in [5.41, 5.74) is 1.37. The number of hydrogen-bond acceptors (Lipinski definition) is 0. The minimum atomic E-state index is 0.570. The van der Waals surface area contributed by atoms with Crippen LogP contribution in [0.4, 0.5) is 0 Å². The maximum atomic E-state index is 2.60. The van der Waals surface area contributed by atoms with Gasteiger partial charge in [0.15, 0.2) is 0 Å². The Bertz CT molecular complexity index is 368. The molecule has 4 rings (SSSR count). The Hall–Kier alpha value is 0. The van der Waals surface area contributed by atoms with E-state index in [0.717, 1.165) is 40.9 Å². The molecule has 2 bridgehead atoms. The molecule has 1 spiro atoms. The van der Waals surface area contributed by atoms with Crippen LogP contribution in [-0.2, 0) is 0 Å². The van der Waals surface area contributed by atoms with Crippen LogP contribution in [0.1, 0.15) is 53.9 Å². The second-order valence-corrected chi connectivity index (χ2v) is 8.68. The molecule has 17 heavy (non-hydrogen) atoms. The Balaban J connectivity index is 1.77. The van der Waals surface area contributed by atoms with E-state index in [9.17, 15) is 0 Å². The fraction of sp³-hybridized carbons (Fsp3) is 1.00. The summed E-state index contributed by atoms with van der Waals surface area (Å²) in [6.45, 7) is 12.8. The number of fused-ring (bicyclic) bond motifs is 3.